The van der Waals surface area contributed by atoms with Crippen LogP contribution in [0.25, 0.3) is 10.9 Å². The molecule has 138 valence electrons. The number of hydrogen-bond donors (Lipinski definition) is 3. The van der Waals surface area contributed by atoms with Crippen molar-refractivity contribution in [3.63, 3.8) is 0 Å². The molecule has 1 aromatic heterocycles. The molecule has 1 saturated carbocycles. The first-order valence-electron chi connectivity index (χ1n) is 9.07. The molecular formula is C19H29N3O2S. The standard InChI is InChI=1S/C19H29N3O2S/c1-19(2,3)25(23,24)22-16-6-4-14(5-7-16)13-21-17-8-9-18-15(12-17)10-11-20-18/h8-12,14,16,20-22H,4-7,13H2,1-3H3/t14-,16-. The number of rotatable bonds is 5. The first-order chi connectivity index (χ1) is 11.7. The van der Waals surface area contributed by atoms with Gasteiger partial charge in [0, 0.05) is 35.4 Å². The second kappa shape index (κ2) is 7.00. The van der Waals surface area contributed by atoms with Crippen LogP contribution in [0.4, 0.5) is 5.69 Å². The maximum atomic E-state index is 12.3. The van der Waals surface area contributed by atoms with Crippen LogP contribution in [0, 0.1) is 5.92 Å². The zero-order chi connectivity index (χ0) is 18.1. The Hall–Kier alpha value is -1.53. The third kappa shape index (κ3) is 4.36. The van der Waals surface area contributed by atoms with Crippen LogP contribution in [0.15, 0.2) is 30.5 Å². The van der Waals surface area contributed by atoms with Crippen LogP contribution in [0.3, 0.4) is 0 Å². The summed E-state index contributed by atoms with van der Waals surface area (Å²) < 4.78 is 26.7. The average Bonchev–Trinajstić information content (AvgIpc) is 3.00. The summed E-state index contributed by atoms with van der Waals surface area (Å²) in [7, 11) is -3.25. The highest BCUT2D eigenvalue weighted by atomic mass is 32.2. The van der Waals surface area contributed by atoms with Crippen LogP contribution < -0.4 is 10.0 Å². The lowest BCUT2D eigenvalue weighted by atomic mass is 9.86. The molecule has 3 rings (SSSR count). The monoisotopic (exact) mass is 363 g/mol. The van der Waals surface area contributed by atoms with Crippen molar-refractivity contribution in [2.45, 2.75) is 57.2 Å². The molecule has 0 unspecified atom stereocenters. The fourth-order valence-corrected chi connectivity index (χ4v) is 4.33. The second-order valence-electron chi connectivity index (χ2n) is 8.11. The number of sulfonamides is 1. The predicted octanol–water partition coefficient (Wildman–Crippen LogP) is 3.86. The molecule has 1 heterocycles. The minimum Gasteiger partial charge on any atom is -0.385 e. The van der Waals surface area contributed by atoms with Crippen molar-refractivity contribution in [1.82, 2.24) is 9.71 Å². The van der Waals surface area contributed by atoms with Crippen LogP contribution in [0.2, 0.25) is 0 Å². The lowest BCUT2D eigenvalue weighted by Gasteiger charge is -2.31. The molecule has 0 spiro atoms. The third-order valence-corrected chi connectivity index (χ3v) is 7.38. The summed E-state index contributed by atoms with van der Waals surface area (Å²) >= 11 is 0. The van der Waals surface area contributed by atoms with Gasteiger partial charge in [-0.25, -0.2) is 13.1 Å². The molecule has 0 aliphatic heterocycles. The Labute approximate surface area is 150 Å². The van der Waals surface area contributed by atoms with Crippen molar-refractivity contribution in [1.29, 1.82) is 0 Å². The molecule has 1 aliphatic carbocycles. The molecule has 0 radical (unpaired) electrons. The molecule has 0 atom stereocenters. The van der Waals surface area contributed by atoms with Crippen LogP contribution >= 0.6 is 0 Å². The lowest BCUT2D eigenvalue weighted by Crippen LogP contribution is -2.46. The minimum absolute atomic E-state index is 0.0803. The first-order valence-corrected chi connectivity index (χ1v) is 10.6. The topological polar surface area (TPSA) is 74.0 Å². The van der Waals surface area contributed by atoms with E-state index in [1.807, 2.05) is 6.20 Å². The maximum absolute atomic E-state index is 12.3. The molecule has 0 saturated heterocycles. The van der Waals surface area contributed by atoms with E-state index >= 15 is 0 Å². The number of aromatic nitrogens is 1. The van der Waals surface area contributed by atoms with E-state index in [2.05, 4.69) is 39.3 Å². The van der Waals surface area contributed by atoms with E-state index in [1.54, 1.807) is 20.8 Å². The van der Waals surface area contributed by atoms with Crippen LogP contribution in [0.1, 0.15) is 46.5 Å². The normalized spacial score (nSPS) is 22.2. The molecule has 25 heavy (non-hydrogen) atoms. The SMILES string of the molecule is CC(C)(C)S(=O)(=O)N[C@H]1CC[C@H](CNc2ccc3[nH]ccc3c2)CC1. The Morgan fingerprint density at radius 2 is 1.84 bits per heavy atom. The zero-order valence-corrected chi connectivity index (χ0v) is 16.1. The van der Waals surface area contributed by atoms with Gasteiger partial charge in [0.25, 0.3) is 0 Å². The van der Waals surface area contributed by atoms with Gasteiger partial charge < -0.3 is 10.3 Å². The summed E-state index contributed by atoms with van der Waals surface area (Å²) in [5.74, 6) is 0.595. The van der Waals surface area contributed by atoms with Gasteiger partial charge in [0.15, 0.2) is 0 Å². The van der Waals surface area contributed by atoms with E-state index in [9.17, 15) is 8.42 Å². The van der Waals surface area contributed by atoms with E-state index < -0.39 is 14.8 Å². The van der Waals surface area contributed by atoms with Gasteiger partial charge in [0.05, 0.1) is 4.75 Å². The van der Waals surface area contributed by atoms with Crippen molar-refractivity contribution in [3.8, 4) is 0 Å². The number of aromatic amines is 1. The van der Waals surface area contributed by atoms with E-state index in [0.29, 0.717) is 5.92 Å². The van der Waals surface area contributed by atoms with Gasteiger partial charge >= 0.3 is 0 Å². The van der Waals surface area contributed by atoms with E-state index in [-0.39, 0.29) is 6.04 Å². The van der Waals surface area contributed by atoms with Gasteiger partial charge in [-0.2, -0.15) is 0 Å². The maximum Gasteiger partial charge on any atom is 0.216 e. The number of benzene rings is 1. The average molecular weight is 364 g/mol. The van der Waals surface area contributed by atoms with Crippen LogP contribution in [-0.4, -0.2) is 30.7 Å². The van der Waals surface area contributed by atoms with Crippen LogP contribution in [-0.2, 0) is 10.0 Å². The summed E-state index contributed by atoms with van der Waals surface area (Å²) in [6.07, 6.45) is 5.89. The smallest absolute Gasteiger partial charge is 0.216 e. The largest absolute Gasteiger partial charge is 0.385 e. The summed E-state index contributed by atoms with van der Waals surface area (Å²) in [5, 5.41) is 4.74. The minimum atomic E-state index is -3.25. The molecule has 0 bridgehead atoms. The van der Waals surface area contributed by atoms with Gasteiger partial charge in [-0.05, 0) is 76.6 Å². The molecule has 1 fully saturated rings. The highest BCUT2D eigenvalue weighted by Gasteiger charge is 2.32. The van der Waals surface area contributed by atoms with Crippen molar-refractivity contribution >= 4 is 26.6 Å². The number of hydrogen-bond acceptors (Lipinski definition) is 3. The zero-order valence-electron chi connectivity index (χ0n) is 15.3. The van der Waals surface area contributed by atoms with Crippen molar-refractivity contribution < 1.29 is 8.42 Å². The first kappa shape index (κ1) is 18.3. The van der Waals surface area contributed by atoms with Gasteiger partial charge in [-0.3, -0.25) is 0 Å². The highest BCUT2D eigenvalue weighted by molar-refractivity contribution is 7.90. The van der Waals surface area contributed by atoms with Gasteiger partial charge in [0.1, 0.15) is 0 Å². The predicted molar refractivity (Wildman–Crippen MR) is 104 cm³/mol. The Bertz CT molecular complexity index is 813. The fraction of sp³-hybridized carbons (Fsp3) is 0.579. The molecule has 6 heteroatoms. The van der Waals surface area contributed by atoms with Gasteiger partial charge in [-0.15, -0.1) is 0 Å². The van der Waals surface area contributed by atoms with Crippen LogP contribution in [0.5, 0.6) is 0 Å². The molecule has 0 amide bonds. The molecule has 1 aliphatic rings. The molecular weight excluding hydrogens is 334 g/mol. The number of nitrogens with one attached hydrogen (secondary N) is 3. The third-order valence-electron chi connectivity index (χ3n) is 5.12. The summed E-state index contributed by atoms with van der Waals surface area (Å²) in [6.45, 7) is 6.17. The Kier molecular flexibility index (Phi) is 5.11. The molecule has 5 nitrogen and oxygen atoms in total. The Balaban J connectivity index is 1.48. The molecule has 2 aromatic rings. The van der Waals surface area contributed by atoms with Gasteiger partial charge in [-0.1, -0.05) is 0 Å². The van der Waals surface area contributed by atoms with Gasteiger partial charge in [0.2, 0.25) is 10.0 Å². The van der Waals surface area contributed by atoms with Crippen molar-refractivity contribution in [3.05, 3.63) is 30.5 Å². The lowest BCUT2D eigenvalue weighted by molar-refractivity contribution is 0.322. The molecule has 3 N–H and O–H groups in total. The quantitative estimate of drug-likeness (QED) is 0.755. The Morgan fingerprint density at radius 3 is 2.52 bits per heavy atom. The fourth-order valence-electron chi connectivity index (χ4n) is 3.31. The van der Waals surface area contributed by atoms with E-state index in [1.165, 1.54) is 5.39 Å². The highest BCUT2D eigenvalue weighted by Crippen LogP contribution is 2.27. The second-order valence-corrected chi connectivity index (χ2v) is 10.6. The Morgan fingerprint density at radius 1 is 1.12 bits per heavy atom. The summed E-state index contributed by atoms with van der Waals surface area (Å²) in [5.41, 5.74) is 2.29. The summed E-state index contributed by atoms with van der Waals surface area (Å²) in [4.78, 5) is 3.20. The van der Waals surface area contributed by atoms with E-state index in [4.69, 9.17) is 0 Å². The summed E-state index contributed by atoms with van der Waals surface area (Å²) in [6, 6.07) is 8.51. The molecule has 1 aromatic carbocycles. The van der Waals surface area contributed by atoms with Crippen molar-refractivity contribution in [2.24, 2.45) is 5.92 Å². The van der Waals surface area contributed by atoms with E-state index in [0.717, 1.165) is 43.4 Å². The number of fused-ring (bicyclic) bond motifs is 1. The van der Waals surface area contributed by atoms with Crippen molar-refractivity contribution in [2.75, 3.05) is 11.9 Å². The number of anilines is 1. The number of H-pyrrole nitrogens is 1.